The van der Waals surface area contributed by atoms with Crippen LogP contribution in [0.15, 0.2) is 54.6 Å². The van der Waals surface area contributed by atoms with Gasteiger partial charge in [0, 0.05) is 25.2 Å². The molecule has 1 aliphatic rings. The molecule has 2 amide bonds. The average Bonchev–Trinajstić information content (AvgIpc) is 2.69. The van der Waals surface area contributed by atoms with Gasteiger partial charge in [-0.3, -0.25) is 9.59 Å². The van der Waals surface area contributed by atoms with Crippen molar-refractivity contribution in [3.8, 4) is 0 Å². The maximum absolute atomic E-state index is 12.6. The van der Waals surface area contributed by atoms with Crippen LogP contribution >= 0.6 is 0 Å². The fourth-order valence-corrected chi connectivity index (χ4v) is 3.49. The van der Waals surface area contributed by atoms with E-state index in [1.807, 2.05) is 24.3 Å². The van der Waals surface area contributed by atoms with E-state index >= 15 is 0 Å². The van der Waals surface area contributed by atoms with E-state index in [0.717, 1.165) is 25.6 Å². The molecule has 1 fully saturated rings. The number of anilines is 1. The molecule has 1 aliphatic heterocycles. The monoisotopic (exact) mass is 365 g/mol. The highest BCUT2D eigenvalue weighted by Gasteiger charge is 2.17. The van der Waals surface area contributed by atoms with E-state index in [4.69, 9.17) is 0 Å². The molecule has 27 heavy (non-hydrogen) atoms. The maximum Gasteiger partial charge on any atom is 0.255 e. The SMILES string of the molecule is CC1CCCN(CCNC(=O)c2ccccc2NC(=O)c2ccccc2)C1. The Morgan fingerprint density at radius 2 is 1.78 bits per heavy atom. The van der Waals surface area contributed by atoms with Gasteiger partial charge in [0.1, 0.15) is 0 Å². The third-order valence-corrected chi connectivity index (χ3v) is 4.91. The van der Waals surface area contributed by atoms with Gasteiger partial charge in [0.15, 0.2) is 0 Å². The van der Waals surface area contributed by atoms with Crippen molar-refractivity contribution in [1.82, 2.24) is 10.2 Å². The van der Waals surface area contributed by atoms with Crippen molar-refractivity contribution in [1.29, 1.82) is 0 Å². The largest absolute Gasteiger partial charge is 0.351 e. The molecule has 142 valence electrons. The van der Waals surface area contributed by atoms with Crippen molar-refractivity contribution in [3.63, 3.8) is 0 Å². The van der Waals surface area contributed by atoms with E-state index in [1.54, 1.807) is 30.3 Å². The molecule has 0 radical (unpaired) electrons. The van der Waals surface area contributed by atoms with Crippen LogP contribution in [0.4, 0.5) is 5.69 Å². The normalized spacial score (nSPS) is 17.3. The molecule has 5 heteroatoms. The van der Waals surface area contributed by atoms with Gasteiger partial charge in [-0.15, -0.1) is 0 Å². The lowest BCUT2D eigenvalue weighted by atomic mass is 10.0. The topological polar surface area (TPSA) is 61.4 Å². The van der Waals surface area contributed by atoms with Gasteiger partial charge in [0.2, 0.25) is 0 Å². The second kappa shape index (κ2) is 9.33. The standard InChI is InChI=1S/C22H27N3O2/c1-17-8-7-14-25(16-17)15-13-23-22(27)19-11-5-6-12-20(19)24-21(26)18-9-3-2-4-10-18/h2-6,9-12,17H,7-8,13-16H2,1H3,(H,23,27)(H,24,26). The van der Waals surface area contributed by atoms with Crippen LogP contribution < -0.4 is 10.6 Å². The molecular formula is C22H27N3O2. The molecule has 1 saturated heterocycles. The number of benzene rings is 2. The highest BCUT2D eigenvalue weighted by Crippen LogP contribution is 2.17. The number of hydrogen-bond acceptors (Lipinski definition) is 3. The van der Waals surface area contributed by atoms with Gasteiger partial charge in [-0.05, 0) is 49.6 Å². The third-order valence-electron chi connectivity index (χ3n) is 4.91. The first-order valence-corrected chi connectivity index (χ1v) is 9.59. The fraction of sp³-hybridized carbons (Fsp3) is 0.364. The molecular weight excluding hydrogens is 338 g/mol. The Balaban J connectivity index is 1.57. The first-order chi connectivity index (χ1) is 13.1. The molecule has 0 saturated carbocycles. The van der Waals surface area contributed by atoms with E-state index in [9.17, 15) is 9.59 Å². The van der Waals surface area contributed by atoms with Crippen LogP contribution in [-0.4, -0.2) is 42.9 Å². The van der Waals surface area contributed by atoms with Crippen molar-refractivity contribution in [2.24, 2.45) is 5.92 Å². The smallest absolute Gasteiger partial charge is 0.255 e. The molecule has 1 unspecified atom stereocenters. The van der Waals surface area contributed by atoms with Crippen LogP contribution in [0.3, 0.4) is 0 Å². The molecule has 1 atom stereocenters. The van der Waals surface area contributed by atoms with Crippen LogP contribution in [0.1, 0.15) is 40.5 Å². The fourth-order valence-electron chi connectivity index (χ4n) is 3.49. The zero-order valence-electron chi connectivity index (χ0n) is 15.8. The molecule has 5 nitrogen and oxygen atoms in total. The lowest BCUT2D eigenvalue weighted by Crippen LogP contribution is -2.40. The lowest BCUT2D eigenvalue weighted by Gasteiger charge is -2.30. The molecule has 0 aromatic heterocycles. The lowest BCUT2D eigenvalue weighted by molar-refractivity contribution is 0.0944. The number of hydrogen-bond donors (Lipinski definition) is 2. The molecule has 0 bridgehead atoms. The number of nitrogens with one attached hydrogen (secondary N) is 2. The summed E-state index contributed by atoms with van der Waals surface area (Å²) in [6, 6.07) is 16.1. The summed E-state index contributed by atoms with van der Waals surface area (Å²) in [5.41, 5.74) is 1.57. The zero-order valence-corrected chi connectivity index (χ0v) is 15.8. The number of nitrogens with zero attached hydrogens (tertiary/aromatic N) is 1. The Bertz CT molecular complexity index is 776. The predicted molar refractivity (Wildman–Crippen MR) is 108 cm³/mol. The summed E-state index contributed by atoms with van der Waals surface area (Å²) < 4.78 is 0. The Kier molecular flexibility index (Phi) is 6.60. The van der Waals surface area contributed by atoms with Crippen LogP contribution in [0.5, 0.6) is 0 Å². The maximum atomic E-state index is 12.6. The summed E-state index contributed by atoms with van der Waals surface area (Å²) in [5, 5.41) is 5.83. The van der Waals surface area contributed by atoms with E-state index in [2.05, 4.69) is 22.5 Å². The number of carbonyl (C=O) groups excluding carboxylic acids is 2. The van der Waals surface area contributed by atoms with Gasteiger partial charge in [-0.2, -0.15) is 0 Å². The number of rotatable bonds is 6. The highest BCUT2D eigenvalue weighted by molar-refractivity contribution is 6.08. The van der Waals surface area contributed by atoms with Crippen LogP contribution in [0.2, 0.25) is 0 Å². The summed E-state index contributed by atoms with van der Waals surface area (Å²) in [4.78, 5) is 27.4. The summed E-state index contributed by atoms with van der Waals surface area (Å²) >= 11 is 0. The molecule has 0 spiro atoms. The van der Waals surface area contributed by atoms with E-state index in [0.29, 0.717) is 23.4 Å². The number of likely N-dealkylation sites (tertiary alicyclic amines) is 1. The van der Waals surface area contributed by atoms with Crippen LogP contribution in [0, 0.1) is 5.92 Å². The second-order valence-corrected chi connectivity index (χ2v) is 7.17. The van der Waals surface area contributed by atoms with Crippen molar-refractivity contribution in [2.75, 3.05) is 31.5 Å². The van der Waals surface area contributed by atoms with E-state index in [-0.39, 0.29) is 11.8 Å². The number of carbonyl (C=O) groups is 2. The van der Waals surface area contributed by atoms with Gasteiger partial charge in [0.25, 0.3) is 11.8 Å². The molecule has 1 heterocycles. The van der Waals surface area contributed by atoms with Crippen LogP contribution in [-0.2, 0) is 0 Å². The van der Waals surface area contributed by atoms with Gasteiger partial charge in [0.05, 0.1) is 11.3 Å². The average molecular weight is 365 g/mol. The molecule has 2 aromatic carbocycles. The van der Waals surface area contributed by atoms with Crippen molar-refractivity contribution in [2.45, 2.75) is 19.8 Å². The number of para-hydroxylation sites is 1. The quantitative estimate of drug-likeness (QED) is 0.825. The first kappa shape index (κ1) is 19.1. The highest BCUT2D eigenvalue weighted by atomic mass is 16.2. The number of piperidine rings is 1. The van der Waals surface area contributed by atoms with Crippen molar-refractivity contribution < 1.29 is 9.59 Å². The minimum absolute atomic E-state index is 0.163. The minimum Gasteiger partial charge on any atom is -0.351 e. The Morgan fingerprint density at radius 3 is 2.56 bits per heavy atom. The molecule has 0 aliphatic carbocycles. The Hall–Kier alpha value is -2.66. The summed E-state index contributed by atoms with van der Waals surface area (Å²) in [7, 11) is 0. The van der Waals surface area contributed by atoms with Crippen LogP contribution in [0.25, 0.3) is 0 Å². The minimum atomic E-state index is -0.224. The zero-order chi connectivity index (χ0) is 19.1. The second-order valence-electron chi connectivity index (χ2n) is 7.17. The summed E-state index contributed by atoms with van der Waals surface area (Å²) in [6.07, 6.45) is 2.51. The molecule has 2 aromatic rings. The van der Waals surface area contributed by atoms with E-state index < -0.39 is 0 Å². The summed E-state index contributed by atoms with van der Waals surface area (Å²) in [6.45, 7) is 5.93. The Labute approximate surface area is 160 Å². The Morgan fingerprint density at radius 1 is 1.04 bits per heavy atom. The summed E-state index contributed by atoms with van der Waals surface area (Å²) in [5.74, 6) is 0.338. The van der Waals surface area contributed by atoms with Gasteiger partial charge < -0.3 is 15.5 Å². The molecule has 2 N–H and O–H groups in total. The van der Waals surface area contributed by atoms with Gasteiger partial charge in [-0.25, -0.2) is 0 Å². The van der Waals surface area contributed by atoms with Gasteiger partial charge in [-0.1, -0.05) is 37.3 Å². The van der Waals surface area contributed by atoms with E-state index in [1.165, 1.54) is 12.8 Å². The van der Waals surface area contributed by atoms with Crippen molar-refractivity contribution >= 4 is 17.5 Å². The van der Waals surface area contributed by atoms with Crippen molar-refractivity contribution in [3.05, 3.63) is 65.7 Å². The first-order valence-electron chi connectivity index (χ1n) is 9.59. The predicted octanol–water partition coefficient (Wildman–Crippen LogP) is 3.40. The molecule has 3 rings (SSSR count). The number of amides is 2. The van der Waals surface area contributed by atoms with Gasteiger partial charge >= 0.3 is 0 Å². The third kappa shape index (κ3) is 5.41.